The van der Waals surface area contributed by atoms with Gasteiger partial charge in [0, 0.05) is 10.6 Å². The highest BCUT2D eigenvalue weighted by atomic mass is 35.5. The van der Waals surface area contributed by atoms with E-state index < -0.39 is 0 Å². The zero-order valence-electron chi connectivity index (χ0n) is 10.7. The fraction of sp³-hybridized carbons (Fsp3) is 0. The van der Waals surface area contributed by atoms with Crippen LogP contribution in [0.25, 0.3) is 22.3 Å². The number of hydrogen-bond acceptors (Lipinski definition) is 0. The molecule has 0 saturated carbocycles. The third kappa shape index (κ3) is 2.45. The minimum Gasteiger partial charge on any atom is -0.207 e. The van der Waals surface area contributed by atoms with Crippen LogP contribution in [0, 0.1) is 5.82 Å². The monoisotopic (exact) mass is 282 g/mol. The van der Waals surface area contributed by atoms with Crippen LogP contribution < -0.4 is 0 Å². The van der Waals surface area contributed by atoms with Gasteiger partial charge in [-0.05, 0) is 34.9 Å². The average Bonchev–Trinajstić information content (AvgIpc) is 2.48. The molecule has 3 aromatic rings. The third-order valence-corrected chi connectivity index (χ3v) is 3.53. The Morgan fingerprint density at radius 3 is 2.15 bits per heavy atom. The van der Waals surface area contributed by atoms with E-state index in [1.807, 2.05) is 54.6 Å². The summed E-state index contributed by atoms with van der Waals surface area (Å²) in [6.45, 7) is 0. The highest BCUT2D eigenvalue weighted by Gasteiger charge is 2.11. The quantitative estimate of drug-likeness (QED) is 0.556. The predicted octanol–water partition coefficient (Wildman–Crippen LogP) is 5.81. The van der Waals surface area contributed by atoms with Gasteiger partial charge in [0.1, 0.15) is 5.82 Å². The fourth-order valence-corrected chi connectivity index (χ4v) is 2.60. The summed E-state index contributed by atoms with van der Waals surface area (Å²) in [5, 5.41) is 0.622. The van der Waals surface area contributed by atoms with Crippen LogP contribution in [0.3, 0.4) is 0 Å². The Bertz CT molecular complexity index is 735. The van der Waals surface area contributed by atoms with Gasteiger partial charge in [0.15, 0.2) is 0 Å². The maximum atomic E-state index is 13.5. The van der Waals surface area contributed by atoms with Crippen LogP contribution in [-0.4, -0.2) is 0 Å². The van der Waals surface area contributed by atoms with Crippen LogP contribution in [0.1, 0.15) is 0 Å². The molecule has 0 spiro atoms. The van der Waals surface area contributed by atoms with Gasteiger partial charge in [-0.2, -0.15) is 0 Å². The molecule has 0 amide bonds. The number of rotatable bonds is 2. The van der Waals surface area contributed by atoms with Gasteiger partial charge in [-0.3, -0.25) is 0 Å². The molecule has 0 aromatic heterocycles. The molecular formula is C18H12ClF. The van der Waals surface area contributed by atoms with Crippen molar-refractivity contribution < 1.29 is 4.39 Å². The Balaban J connectivity index is 2.25. The standard InChI is InChI=1S/C18H12ClF/c19-17-11-5-10-16(13-6-2-1-3-7-13)18(17)14-8-4-9-15(20)12-14/h1-12H. The van der Waals surface area contributed by atoms with E-state index in [0.29, 0.717) is 5.02 Å². The number of halogens is 2. The first-order valence-electron chi connectivity index (χ1n) is 6.35. The predicted molar refractivity (Wildman–Crippen MR) is 82.3 cm³/mol. The molecule has 3 rings (SSSR count). The van der Waals surface area contributed by atoms with Crippen LogP contribution in [0.5, 0.6) is 0 Å². The van der Waals surface area contributed by atoms with Crippen molar-refractivity contribution in [2.45, 2.75) is 0 Å². The van der Waals surface area contributed by atoms with E-state index in [2.05, 4.69) is 0 Å². The lowest BCUT2D eigenvalue weighted by Crippen LogP contribution is -1.87. The molecule has 0 aliphatic carbocycles. The van der Waals surface area contributed by atoms with Crippen molar-refractivity contribution in [1.29, 1.82) is 0 Å². The van der Waals surface area contributed by atoms with Gasteiger partial charge in [0.05, 0.1) is 0 Å². The molecule has 2 heteroatoms. The van der Waals surface area contributed by atoms with E-state index in [0.717, 1.165) is 22.3 Å². The first-order chi connectivity index (χ1) is 9.75. The van der Waals surface area contributed by atoms with Crippen molar-refractivity contribution in [3.05, 3.63) is 83.6 Å². The van der Waals surface area contributed by atoms with Gasteiger partial charge in [0.25, 0.3) is 0 Å². The summed E-state index contributed by atoms with van der Waals surface area (Å²) >= 11 is 6.34. The van der Waals surface area contributed by atoms with Crippen molar-refractivity contribution in [3.63, 3.8) is 0 Å². The van der Waals surface area contributed by atoms with E-state index in [9.17, 15) is 4.39 Å². The Hall–Kier alpha value is -2.12. The van der Waals surface area contributed by atoms with Gasteiger partial charge in [-0.15, -0.1) is 0 Å². The summed E-state index contributed by atoms with van der Waals surface area (Å²) in [5.41, 5.74) is 3.72. The Labute approximate surface area is 122 Å². The number of benzene rings is 3. The molecular weight excluding hydrogens is 271 g/mol. The van der Waals surface area contributed by atoms with E-state index in [-0.39, 0.29) is 5.82 Å². The minimum absolute atomic E-state index is 0.263. The summed E-state index contributed by atoms with van der Waals surface area (Å²) in [4.78, 5) is 0. The lowest BCUT2D eigenvalue weighted by atomic mass is 9.94. The first-order valence-corrected chi connectivity index (χ1v) is 6.73. The van der Waals surface area contributed by atoms with Gasteiger partial charge in [-0.1, -0.05) is 66.2 Å². The Morgan fingerprint density at radius 1 is 0.700 bits per heavy atom. The van der Waals surface area contributed by atoms with Crippen molar-refractivity contribution in [2.75, 3.05) is 0 Å². The number of hydrogen-bond donors (Lipinski definition) is 0. The summed E-state index contributed by atoms with van der Waals surface area (Å²) in [5.74, 6) is -0.263. The molecule has 98 valence electrons. The zero-order valence-corrected chi connectivity index (χ0v) is 11.4. The lowest BCUT2D eigenvalue weighted by Gasteiger charge is -2.12. The smallest absolute Gasteiger partial charge is 0.123 e. The Kier molecular flexibility index (Phi) is 3.53. The highest BCUT2D eigenvalue weighted by Crippen LogP contribution is 2.37. The maximum Gasteiger partial charge on any atom is 0.123 e. The molecule has 0 aliphatic rings. The van der Waals surface area contributed by atoms with Crippen molar-refractivity contribution in [1.82, 2.24) is 0 Å². The van der Waals surface area contributed by atoms with Crippen LogP contribution >= 0.6 is 11.6 Å². The second-order valence-electron chi connectivity index (χ2n) is 4.54. The molecule has 0 unspecified atom stereocenters. The van der Waals surface area contributed by atoms with Crippen molar-refractivity contribution in [3.8, 4) is 22.3 Å². The molecule has 3 aromatic carbocycles. The summed E-state index contributed by atoms with van der Waals surface area (Å²) in [7, 11) is 0. The van der Waals surface area contributed by atoms with Crippen LogP contribution in [0.2, 0.25) is 5.02 Å². The average molecular weight is 283 g/mol. The highest BCUT2D eigenvalue weighted by molar-refractivity contribution is 6.34. The van der Waals surface area contributed by atoms with E-state index >= 15 is 0 Å². The van der Waals surface area contributed by atoms with Gasteiger partial charge in [-0.25, -0.2) is 4.39 Å². The summed E-state index contributed by atoms with van der Waals surface area (Å²) in [6.07, 6.45) is 0. The van der Waals surface area contributed by atoms with Gasteiger partial charge >= 0.3 is 0 Å². The van der Waals surface area contributed by atoms with Crippen LogP contribution in [0.4, 0.5) is 4.39 Å². The summed E-state index contributed by atoms with van der Waals surface area (Å²) in [6, 6.07) is 22.2. The molecule has 0 fully saturated rings. The van der Waals surface area contributed by atoms with Crippen molar-refractivity contribution >= 4 is 11.6 Å². The normalized spacial score (nSPS) is 10.5. The fourth-order valence-electron chi connectivity index (χ4n) is 2.32. The second-order valence-corrected chi connectivity index (χ2v) is 4.95. The maximum absolute atomic E-state index is 13.5. The van der Waals surface area contributed by atoms with Crippen LogP contribution in [0.15, 0.2) is 72.8 Å². The third-order valence-electron chi connectivity index (χ3n) is 3.21. The molecule has 0 saturated heterocycles. The molecule has 0 aliphatic heterocycles. The molecule has 0 bridgehead atoms. The molecule has 0 atom stereocenters. The first kappa shape index (κ1) is 12.9. The van der Waals surface area contributed by atoms with Crippen molar-refractivity contribution in [2.24, 2.45) is 0 Å². The topological polar surface area (TPSA) is 0 Å². The lowest BCUT2D eigenvalue weighted by molar-refractivity contribution is 0.628. The largest absolute Gasteiger partial charge is 0.207 e. The SMILES string of the molecule is Fc1cccc(-c2c(Cl)cccc2-c2ccccc2)c1. The van der Waals surface area contributed by atoms with E-state index in [4.69, 9.17) is 11.6 Å². The van der Waals surface area contributed by atoms with E-state index in [1.54, 1.807) is 6.07 Å². The van der Waals surface area contributed by atoms with E-state index in [1.165, 1.54) is 12.1 Å². The van der Waals surface area contributed by atoms with Gasteiger partial charge < -0.3 is 0 Å². The van der Waals surface area contributed by atoms with Crippen LogP contribution in [-0.2, 0) is 0 Å². The molecule has 0 N–H and O–H groups in total. The van der Waals surface area contributed by atoms with Gasteiger partial charge in [0.2, 0.25) is 0 Å². The molecule has 0 nitrogen and oxygen atoms in total. The molecule has 20 heavy (non-hydrogen) atoms. The zero-order chi connectivity index (χ0) is 13.9. The summed E-state index contributed by atoms with van der Waals surface area (Å²) < 4.78 is 13.5. The molecule has 0 radical (unpaired) electrons. The molecule has 0 heterocycles. The minimum atomic E-state index is -0.263. The second kappa shape index (κ2) is 5.48. The Morgan fingerprint density at radius 2 is 1.40 bits per heavy atom.